The van der Waals surface area contributed by atoms with Crippen LogP contribution in [0.15, 0.2) is 30.6 Å². The highest BCUT2D eigenvalue weighted by Crippen LogP contribution is 2.36. The van der Waals surface area contributed by atoms with Gasteiger partial charge in [0.2, 0.25) is 11.8 Å². The zero-order chi connectivity index (χ0) is 24.4. The van der Waals surface area contributed by atoms with Crippen LogP contribution in [0.3, 0.4) is 0 Å². The van der Waals surface area contributed by atoms with Gasteiger partial charge in [-0.15, -0.1) is 0 Å². The molecule has 2 aliphatic rings. The first-order valence-electron chi connectivity index (χ1n) is 11.8. The molecule has 8 nitrogen and oxygen atoms in total. The summed E-state index contributed by atoms with van der Waals surface area (Å²) in [6, 6.07) is 5.73. The zero-order valence-corrected chi connectivity index (χ0v) is 20.9. The molecule has 0 aliphatic carbocycles. The van der Waals surface area contributed by atoms with Crippen LogP contribution in [0, 0.1) is 17.8 Å². The van der Waals surface area contributed by atoms with E-state index < -0.39 is 5.97 Å². The summed E-state index contributed by atoms with van der Waals surface area (Å²) < 4.78 is 11.5. The molecule has 0 bridgehead atoms. The maximum Gasteiger partial charge on any atom is 0.305 e. The Balaban J connectivity index is 1.39. The van der Waals surface area contributed by atoms with Crippen LogP contribution >= 0.6 is 11.6 Å². The van der Waals surface area contributed by atoms with Gasteiger partial charge in [-0.1, -0.05) is 32.4 Å². The maximum atomic E-state index is 11.4. The number of nitrogens with zero attached hydrogens (tertiary/aromatic N) is 4. The van der Waals surface area contributed by atoms with Gasteiger partial charge in [-0.25, -0.2) is 9.97 Å². The van der Waals surface area contributed by atoms with Crippen molar-refractivity contribution >= 4 is 28.9 Å². The van der Waals surface area contributed by atoms with Crippen molar-refractivity contribution in [1.82, 2.24) is 9.97 Å². The van der Waals surface area contributed by atoms with Gasteiger partial charge in [-0.05, 0) is 17.9 Å². The Kier molecular flexibility index (Phi) is 7.36. The molecule has 0 spiro atoms. The third kappa shape index (κ3) is 5.17. The minimum atomic E-state index is -0.768. The van der Waals surface area contributed by atoms with Crippen LogP contribution in [0.25, 0.3) is 0 Å². The number of carbonyl (C=O) groups is 1. The Morgan fingerprint density at radius 1 is 1.15 bits per heavy atom. The van der Waals surface area contributed by atoms with E-state index in [1.54, 1.807) is 19.5 Å². The number of carboxylic acids is 1. The molecular weight excluding hydrogens is 456 g/mol. The van der Waals surface area contributed by atoms with Gasteiger partial charge < -0.3 is 24.4 Å². The summed E-state index contributed by atoms with van der Waals surface area (Å²) in [5.41, 5.74) is 1.87. The van der Waals surface area contributed by atoms with E-state index in [9.17, 15) is 9.90 Å². The van der Waals surface area contributed by atoms with Crippen LogP contribution in [-0.4, -0.2) is 59.9 Å². The Labute approximate surface area is 205 Å². The minimum absolute atomic E-state index is 0.0240. The molecule has 184 valence electrons. The number of aliphatic carboxylic acids is 1. The quantitative estimate of drug-likeness (QED) is 0.614. The smallest absolute Gasteiger partial charge is 0.305 e. The van der Waals surface area contributed by atoms with Gasteiger partial charge >= 0.3 is 5.97 Å². The molecule has 4 rings (SSSR count). The average molecular weight is 489 g/mol. The van der Waals surface area contributed by atoms with E-state index in [0.29, 0.717) is 28.6 Å². The topological polar surface area (TPSA) is 88.0 Å². The van der Waals surface area contributed by atoms with E-state index in [2.05, 4.69) is 40.5 Å². The summed E-state index contributed by atoms with van der Waals surface area (Å²) in [4.78, 5) is 24.5. The number of anilines is 2. The van der Waals surface area contributed by atoms with Crippen LogP contribution in [0.5, 0.6) is 11.8 Å². The van der Waals surface area contributed by atoms with E-state index >= 15 is 0 Å². The first-order valence-corrected chi connectivity index (χ1v) is 12.2. The van der Waals surface area contributed by atoms with E-state index in [0.717, 1.165) is 37.4 Å². The van der Waals surface area contributed by atoms with Crippen molar-refractivity contribution < 1.29 is 19.4 Å². The molecule has 1 N–H and O–H groups in total. The standard InChI is InChI=1S/C25H33ClN4O4/c1-15-14-30(20(17(15)3)10-25(31)32)18-5-6-23(27-11-18)34-22-7-8-29(13-16(22)2)21-9-24(33-4)28-12-19(21)26/h5-6,9,11-12,15-17,20,22H,7-8,10,13-14H2,1-4H3,(H,31,32). The summed E-state index contributed by atoms with van der Waals surface area (Å²) in [5.74, 6) is 1.38. The number of piperidine rings is 1. The molecule has 4 heterocycles. The molecule has 2 aromatic heterocycles. The van der Waals surface area contributed by atoms with E-state index in [-0.39, 0.29) is 24.5 Å². The third-order valence-electron chi connectivity index (χ3n) is 7.28. The summed E-state index contributed by atoms with van der Waals surface area (Å²) >= 11 is 6.39. The van der Waals surface area contributed by atoms with Gasteiger partial charge in [0.1, 0.15) is 6.10 Å². The molecule has 2 aliphatic heterocycles. The van der Waals surface area contributed by atoms with Crippen molar-refractivity contribution in [2.24, 2.45) is 17.8 Å². The highest BCUT2D eigenvalue weighted by atomic mass is 35.5. The second-order valence-electron chi connectivity index (χ2n) is 9.55. The Hall–Kier alpha value is -2.74. The highest BCUT2D eigenvalue weighted by molar-refractivity contribution is 6.33. The predicted octanol–water partition coefficient (Wildman–Crippen LogP) is 4.37. The number of aromatic nitrogens is 2. The summed E-state index contributed by atoms with van der Waals surface area (Å²) in [6.45, 7) is 8.91. The van der Waals surface area contributed by atoms with Crippen LogP contribution in [-0.2, 0) is 4.79 Å². The lowest BCUT2D eigenvalue weighted by atomic mass is 9.92. The van der Waals surface area contributed by atoms with E-state index in [4.69, 9.17) is 21.1 Å². The first kappa shape index (κ1) is 24.4. The van der Waals surface area contributed by atoms with Crippen molar-refractivity contribution in [3.63, 3.8) is 0 Å². The van der Waals surface area contributed by atoms with E-state index in [1.807, 2.05) is 18.2 Å². The summed E-state index contributed by atoms with van der Waals surface area (Å²) in [5, 5.41) is 9.95. The molecule has 0 aromatic carbocycles. The van der Waals surface area contributed by atoms with Gasteiger partial charge in [-0.3, -0.25) is 4.79 Å². The number of hydrogen-bond acceptors (Lipinski definition) is 7. The second-order valence-corrected chi connectivity index (χ2v) is 9.96. The molecule has 34 heavy (non-hydrogen) atoms. The normalized spacial score (nSPS) is 27.0. The average Bonchev–Trinajstić information content (AvgIpc) is 3.09. The Morgan fingerprint density at radius 3 is 2.56 bits per heavy atom. The van der Waals surface area contributed by atoms with Gasteiger partial charge in [0.05, 0.1) is 42.3 Å². The second kappa shape index (κ2) is 10.3. The fourth-order valence-electron chi connectivity index (χ4n) is 5.10. The van der Waals surface area contributed by atoms with Crippen molar-refractivity contribution in [3.05, 3.63) is 35.6 Å². The number of methoxy groups -OCH3 is 1. The molecule has 0 amide bonds. The zero-order valence-electron chi connectivity index (χ0n) is 20.1. The van der Waals surface area contributed by atoms with Gasteiger partial charge in [0, 0.05) is 50.1 Å². The molecular formula is C25H33ClN4O4. The number of pyridine rings is 2. The molecule has 5 atom stereocenters. The van der Waals surface area contributed by atoms with Crippen LogP contribution in [0.4, 0.5) is 11.4 Å². The lowest BCUT2D eigenvalue weighted by Crippen LogP contribution is -2.44. The van der Waals surface area contributed by atoms with Crippen molar-refractivity contribution in [3.8, 4) is 11.8 Å². The molecule has 0 radical (unpaired) electrons. The molecule has 5 unspecified atom stereocenters. The number of ether oxygens (including phenoxy) is 2. The number of carboxylic acid groups (broad SMARTS) is 1. The van der Waals surface area contributed by atoms with Gasteiger partial charge in [0.15, 0.2) is 0 Å². The third-order valence-corrected chi connectivity index (χ3v) is 7.58. The van der Waals surface area contributed by atoms with Crippen LogP contribution < -0.4 is 19.3 Å². The summed E-state index contributed by atoms with van der Waals surface area (Å²) in [6.07, 6.45) is 4.44. The predicted molar refractivity (Wildman–Crippen MR) is 132 cm³/mol. The molecule has 0 saturated carbocycles. The molecule has 2 saturated heterocycles. The fourth-order valence-corrected chi connectivity index (χ4v) is 5.32. The maximum absolute atomic E-state index is 11.4. The molecule has 9 heteroatoms. The van der Waals surface area contributed by atoms with Gasteiger partial charge in [-0.2, -0.15) is 0 Å². The monoisotopic (exact) mass is 488 g/mol. The largest absolute Gasteiger partial charge is 0.481 e. The summed E-state index contributed by atoms with van der Waals surface area (Å²) in [7, 11) is 1.60. The van der Waals surface area contributed by atoms with Crippen molar-refractivity contribution in [1.29, 1.82) is 0 Å². The number of rotatable bonds is 7. The van der Waals surface area contributed by atoms with Crippen LogP contribution in [0.1, 0.15) is 33.6 Å². The first-order chi connectivity index (χ1) is 16.3. The van der Waals surface area contributed by atoms with Crippen molar-refractivity contribution in [2.75, 3.05) is 36.5 Å². The highest BCUT2D eigenvalue weighted by Gasteiger charge is 2.38. The molecule has 2 fully saturated rings. The Bertz CT molecular complexity index is 1000. The molecule has 2 aromatic rings. The lowest BCUT2D eigenvalue weighted by Gasteiger charge is -2.38. The number of hydrogen-bond donors (Lipinski definition) is 1. The van der Waals surface area contributed by atoms with Crippen LogP contribution in [0.2, 0.25) is 5.02 Å². The number of halogens is 1. The Morgan fingerprint density at radius 2 is 1.91 bits per heavy atom. The van der Waals surface area contributed by atoms with Gasteiger partial charge in [0.25, 0.3) is 0 Å². The van der Waals surface area contributed by atoms with E-state index in [1.165, 1.54) is 0 Å². The fraction of sp³-hybridized carbons (Fsp3) is 0.560. The lowest BCUT2D eigenvalue weighted by molar-refractivity contribution is -0.137. The SMILES string of the molecule is COc1cc(N2CCC(Oc3ccc(N4CC(C)C(C)C4CC(=O)O)cn3)C(C)C2)c(Cl)cn1. The minimum Gasteiger partial charge on any atom is -0.481 e. The van der Waals surface area contributed by atoms with Crippen molar-refractivity contribution in [2.45, 2.75) is 45.8 Å².